The molecule has 0 radical (unpaired) electrons. The molecule has 0 spiro atoms. The van der Waals surface area contributed by atoms with E-state index in [1.54, 1.807) is 66.6 Å². The van der Waals surface area contributed by atoms with Crippen LogP contribution in [-0.2, 0) is 6.54 Å². The summed E-state index contributed by atoms with van der Waals surface area (Å²) in [5.74, 6) is 0.694. The van der Waals surface area contributed by atoms with Crippen molar-refractivity contribution in [1.29, 1.82) is 0 Å². The largest absolute Gasteiger partial charge is 0.348 e. The number of nitrogens with zero attached hydrogens (tertiary/aromatic N) is 10. The molecular weight excluding hydrogens is 835 g/mol. The molecule has 8 aromatic rings. The predicted octanol–water partition coefficient (Wildman–Crippen LogP) is 6.20. The Balaban J connectivity index is 0.895. The van der Waals surface area contributed by atoms with Crippen molar-refractivity contribution < 1.29 is 19.2 Å². The van der Waals surface area contributed by atoms with E-state index in [2.05, 4.69) is 33.0 Å². The number of carbonyl (C=O) groups is 4. The average molecular weight is 880 g/mol. The second kappa shape index (κ2) is 16.9. The molecule has 0 atom stereocenters. The topological polar surface area (TPSA) is 178 Å². The summed E-state index contributed by atoms with van der Waals surface area (Å²) in [6.07, 6.45) is 1.82. The molecule has 17 nitrogen and oxygen atoms in total. The van der Waals surface area contributed by atoms with Crippen LogP contribution in [0.2, 0.25) is 0 Å². The number of benzene rings is 4. The Morgan fingerprint density at radius 2 is 1.23 bits per heavy atom. The molecule has 1 fully saturated rings. The van der Waals surface area contributed by atoms with Crippen molar-refractivity contribution in [3.63, 3.8) is 0 Å². The Morgan fingerprint density at radius 1 is 0.636 bits per heavy atom. The minimum atomic E-state index is -0.272. The molecule has 0 saturated carbocycles. The molecule has 10 rings (SSSR count). The van der Waals surface area contributed by atoms with Crippen molar-refractivity contribution >= 4 is 64.0 Å². The van der Waals surface area contributed by atoms with Crippen LogP contribution in [0.25, 0.3) is 33.5 Å². The number of anilines is 5. The lowest BCUT2D eigenvalue weighted by Crippen LogP contribution is -2.47. The number of rotatable bonds is 10. The summed E-state index contributed by atoms with van der Waals surface area (Å²) in [5, 5.41) is 18.9. The van der Waals surface area contributed by atoms with E-state index in [4.69, 9.17) is 15.1 Å². The number of carbonyl (C=O) groups excluding carboxylic acids is 4. The molecule has 3 N–H and O–H groups in total. The highest BCUT2D eigenvalue weighted by Crippen LogP contribution is 2.32. The van der Waals surface area contributed by atoms with Crippen molar-refractivity contribution in [3.05, 3.63) is 149 Å². The van der Waals surface area contributed by atoms with Crippen LogP contribution < -0.4 is 20.9 Å². The van der Waals surface area contributed by atoms with Gasteiger partial charge < -0.3 is 30.7 Å². The first-order valence-electron chi connectivity index (χ1n) is 21.5. The van der Waals surface area contributed by atoms with E-state index in [9.17, 15) is 19.2 Å². The summed E-state index contributed by atoms with van der Waals surface area (Å²) in [7, 11) is 7.17. The van der Waals surface area contributed by atoms with Gasteiger partial charge in [0.25, 0.3) is 23.6 Å². The molecule has 66 heavy (non-hydrogen) atoms. The fourth-order valence-corrected chi connectivity index (χ4v) is 8.26. The maximum Gasteiger partial charge on any atom is 0.259 e. The van der Waals surface area contributed by atoms with Crippen LogP contribution in [0.4, 0.5) is 29.1 Å². The molecule has 17 heteroatoms. The smallest absolute Gasteiger partial charge is 0.259 e. The van der Waals surface area contributed by atoms with Crippen LogP contribution in [0.1, 0.15) is 47.0 Å². The van der Waals surface area contributed by atoms with E-state index in [0.717, 1.165) is 46.6 Å². The van der Waals surface area contributed by atoms with E-state index in [-0.39, 0.29) is 29.6 Å². The number of piperazine rings is 1. The monoisotopic (exact) mass is 879 g/mol. The van der Waals surface area contributed by atoms with Gasteiger partial charge in [-0.25, -0.2) is 4.52 Å². The third kappa shape index (κ3) is 7.91. The van der Waals surface area contributed by atoms with Crippen LogP contribution in [0.15, 0.2) is 121 Å². The number of hydrogen-bond donors (Lipinski definition) is 3. The number of hydrogen-bond acceptors (Lipinski definition) is 11. The molecule has 0 bridgehead atoms. The first kappa shape index (κ1) is 41.6. The van der Waals surface area contributed by atoms with Crippen LogP contribution in [-0.4, -0.2) is 122 Å². The van der Waals surface area contributed by atoms with E-state index < -0.39 is 0 Å². The highest BCUT2D eigenvalue weighted by atomic mass is 16.2. The van der Waals surface area contributed by atoms with Crippen molar-refractivity contribution in [2.75, 3.05) is 69.9 Å². The standard InChI is InChI=1S/C49H45N13O4/c1-57(2)45(64)32-11-7-31(8-12-32)39-21-22-41(62-43(39)54-49(56-62)52-37-19-20-40-35(28-37)29-50-44(40)63)59(4)46(65)33-13-9-30(10-14-33)38-6-5-23-61-42(38)53-48(55-61)51-36-17-15-34(16-18-36)47(66)60-26-24-58(3)25-27-60/h5-23,28H,24-27,29H2,1-4H3,(H,50,63)(H,51,55)(H,52,56). The zero-order valence-corrected chi connectivity index (χ0v) is 36.7. The van der Waals surface area contributed by atoms with Gasteiger partial charge in [-0.05, 0) is 115 Å². The Kier molecular flexibility index (Phi) is 10.7. The van der Waals surface area contributed by atoms with E-state index in [0.29, 0.717) is 70.6 Å². The van der Waals surface area contributed by atoms with Gasteiger partial charge in [0.05, 0.1) is 0 Å². The number of aromatic nitrogens is 6. The van der Waals surface area contributed by atoms with Crippen LogP contribution in [0, 0.1) is 0 Å². The molecule has 0 aliphatic carbocycles. The first-order valence-corrected chi connectivity index (χ1v) is 21.5. The van der Waals surface area contributed by atoms with Crippen LogP contribution in [0.3, 0.4) is 0 Å². The molecule has 4 aromatic heterocycles. The minimum absolute atomic E-state index is 0.0259. The third-order valence-corrected chi connectivity index (χ3v) is 12.0. The lowest BCUT2D eigenvalue weighted by molar-refractivity contribution is 0.0663. The predicted molar refractivity (Wildman–Crippen MR) is 252 cm³/mol. The van der Waals surface area contributed by atoms with E-state index in [1.165, 1.54) is 9.80 Å². The van der Waals surface area contributed by atoms with Gasteiger partial charge in [-0.1, -0.05) is 24.3 Å². The highest BCUT2D eigenvalue weighted by Gasteiger charge is 2.24. The van der Waals surface area contributed by atoms with E-state index in [1.807, 2.05) is 90.0 Å². The summed E-state index contributed by atoms with van der Waals surface area (Å²) in [6, 6.07) is 35.0. The highest BCUT2D eigenvalue weighted by molar-refractivity contribution is 6.06. The molecule has 0 unspecified atom stereocenters. The van der Waals surface area contributed by atoms with Crippen molar-refractivity contribution in [1.82, 2.24) is 49.2 Å². The summed E-state index contributed by atoms with van der Waals surface area (Å²) in [5.41, 5.74) is 8.91. The minimum Gasteiger partial charge on any atom is -0.348 e. The molecule has 2 aliphatic rings. The second-order valence-electron chi connectivity index (χ2n) is 16.6. The van der Waals surface area contributed by atoms with Crippen molar-refractivity contribution in [2.24, 2.45) is 0 Å². The maximum absolute atomic E-state index is 14.2. The fraction of sp³-hybridized carbons (Fsp3) is 0.184. The van der Waals surface area contributed by atoms with Gasteiger partial charge in [-0.15, -0.1) is 10.2 Å². The number of amides is 4. The molecule has 4 aromatic carbocycles. The Bertz CT molecular complexity index is 3190. The van der Waals surface area contributed by atoms with Gasteiger partial charge in [0.2, 0.25) is 11.9 Å². The van der Waals surface area contributed by atoms with Gasteiger partial charge >= 0.3 is 0 Å². The number of likely N-dealkylation sites (N-methyl/N-ethyl adjacent to an activating group) is 1. The van der Waals surface area contributed by atoms with E-state index >= 15 is 0 Å². The van der Waals surface area contributed by atoms with Gasteiger partial charge in [0, 0.05) is 105 Å². The third-order valence-electron chi connectivity index (χ3n) is 12.0. The quantitative estimate of drug-likeness (QED) is 0.143. The summed E-state index contributed by atoms with van der Waals surface area (Å²) >= 11 is 0. The lowest BCUT2D eigenvalue weighted by atomic mass is 10.0. The van der Waals surface area contributed by atoms with Crippen LogP contribution >= 0.6 is 0 Å². The zero-order valence-electron chi connectivity index (χ0n) is 36.7. The number of nitrogens with one attached hydrogen (secondary N) is 3. The Hall–Kier alpha value is -8.44. The summed E-state index contributed by atoms with van der Waals surface area (Å²) in [4.78, 5) is 69.0. The Labute approximate surface area is 379 Å². The number of pyridine rings is 2. The molecule has 4 amide bonds. The average Bonchev–Trinajstić information content (AvgIpc) is 4.07. The summed E-state index contributed by atoms with van der Waals surface area (Å²) in [6.45, 7) is 3.58. The normalized spacial score (nSPS) is 13.7. The van der Waals surface area contributed by atoms with Gasteiger partial charge in [0.15, 0.2) is 11.3 Å². The molecular formula is C49H45N13O4. The van der Waals surface area contributed by atoms with Gasteiger partial charge in [-0.3, -0.25) is 24.1 Å². The summed E-state index contributed by atoms with van der Waals surface area (Å²) < 4.78 is 3.33. The zero-order chi connectivity index (χ0) is 45.6. The molecule has 330 valence electrons. The van der Waals surface area contributed by atoms with Crippen molar-refractivity contribution in [3.8, 4) is 22.3 Å². The number of fused-ring (bicyclic) bond motifs is 3. The lowest BCUT2D eigenvalue weighted by Gasteiger charge is -2.32. The Morgan fingerprint density at radius 3 is 1.92 bits per heavy atom. The van der Waals surface area contributed by atoms with Crippen LogP contribution in [0.5, 0.6) is 0 Å². The fourth-order valence-electron chi connectivity index (χ4n) is 8.26. The SMILES string of the molecule is CN1CCN(C(=O)c2ccc(Nc3nc4c(-c5ccc(C(=O)N(C)c6ccc(-c7ccc(C(=O)N(C)C)cc7)c7nc(Nc8ccc9c(c8)CNC9=O)nn67)cc5)cccn4n3)cc2)CC1. The molecule has 1 saturated heterocycles. The first-order chi connectivity index (χ1) is 32.0. The molecule has 2 aliphatic heterocycles. The van der Waals surface area contributed by atoms with Gasteiger partial charge in [-0.2, -0.15) is 14.5 Å². The second-order valence-corrected chi connectivity index (χ2v) is 16.6. The van der Waals surface area contributed by atoms with Gasteiger partial charge in [0.1, 0.15) is 5.82 Å². The van der Waals surface area contributed by atoms with Crippen molar-refractivity contribution in [2.45, 2.75) is 6.54 Å². The maximum atomic E-state index is 14.2. The molecule has 6 heterocycles.